The normalized spacial score (nSPS) is 21.2. The molecule has 1 amide bonds. The number of hydrogen-bond donors (Lipinski definition) is 3. The van der Waals surface area contributed by atoms with Crippen molar-refractivity contribution in [1.29, 1.82) is 0 Å². The van der Waals surface area contributed by atoms with Gasteiger partial charge in [0.2, 0.25) is 5.91 Å². The largest absolute Gasteiger partial charge is 0.392 e. The highest BCUT2D eigenvalue weighted by atomic mass is 16.7. The van der Waals surface area contributed by atoms with Gasteiger partial charge in [-0.05, 0) is 36.2 Å². The summed E-state index contributed by atoms with van der Waals surface area (Å²) in [6.45, 7) is 4.61. The number of likely N-dealkylation sites (N-methyl/N-ethyl adjacent to an activating group) is 1. The Bertz CT molecular complexity index is 1150. The molecule has 7 nitrogen and oxygen atoms in total. The van der Waals surface area contributed by atoms with Crippen LogP contribution >= 0.6 is 0 Å². The Hall–Kier alpha value is -3.07. The number of hydrogen-bond acceptors (Lipinski definition) is 6. The lowest BCUT2D eigenvalue weighted by molar-refractivity contribution is -0.253. The summed E-state index contributed by atoms with van der Waals surface area (Å²) in [6.07, 6.45) is -0.837. The summed E-state index contributed by atoms with van der Waals surface area (Å²) >= 11 is 0. The molecule has 1 fully saturated rings. The Labute approximate surface area is 225 Å². The minimum absolute atomic E-state index is 0.00256. The van der Waals surface area contributed by atoms with E-state index >= 15 is 0 Å². The van der Waals surface area contributed by atoms with Gasteiger partial charge in [-0.1, -0.05) is 78.9 Å². The fourth-order valence-corrected chi connectivity index (χ4v) is 4.71. The molecule has 0 unspecified atom stereocenters. The molecule has 1 heterocycles. The maximum absolute atomic E-state index is 11.3. The quantitative estimate of drug-likeness (QED) is 0.368. The number of nitrogens with one attached hydrogen (secondary N) is 1. The number of carbonyl (C=O) groups excluding carboxylic acids is 1. The first kappa shape index (κ1) is 28.0. The molecule has 0 bridgehead atoms. The van der Waals surface area contributed by atoms with Gasteiger partial charge < -0.3 is 25.0 Å². The zero-order valence-corrected chi connectivity index (χ0v) is 22.3. The number of benzene rings is 3. The van der Waals surface area contributed by atoms with Crippen LogP contribution in [0.4, 0.5) is 0 Å². The van der Waals surface area contributed by atoms with Crippen LogP contribution < -0.4 is 5.32 Å². The van der Waals surface area contributed by atoms with E-state index in [-0.39, 0.29) is 30.8 Å². The van der Waals surface area contributed by atoms with E-state index in [0.717, 1.165) is 27.8 Å². The summed E-state index contributed by atoms with van der Waals surface area (Å²) in [4.78, 5) is 13.4. The summed E-state index contributed by atoms with van der Waals surface area (Å²) in [7, 11) is 2.01. The van der Waals surface area contributed by atoms with Crippen LogP contribution in [0.5, 0.6) is 0 Å². The van der Waals surface area contributed by atoms with Crippen molar-refractivity contribution in [3.63, 3.8) is 0 Å². The molecule has 0 aromatic heterocycles. The second kappa shape index (κ2) is 13.1. The molecule has 1 saturated heterocycles. The number of rotatable bonds is 10. The fraction of sp³-hybridized carbons (Fsp3) is 0.387. The molecule has 3 aromatic carbocycles. The summed E-state index contributed by atoms with van der Waals surface area (Å²) in [5.74, 6) is -0.0679. The first-order valence-electron chi connectivity index (χ1n) is 13.1. The smallest absolute Gasteiger partial charge is 0.217 e. The van der Waals surface area contributed by atoms with E-state index in [1.54, 1.807) is 0 Å². The second-order valence-corrected chi connectivity index (χ2v) is 10.0. The Morgan fingerprint density at radius 1 is 0.974 bits per heavy atom. The van der Waals surface area contributed by atoms with E-state index < -0.39 is 12.4 Å². The van der Waals surface area contributed by atoms with Gasteiger partial charge >= 0.3 is 0 Å². The van der Waals surface area contributed by atoms with Gasteiger partial charge in [-0.2, -0.15) is 0 Å². The van der Waals surface area contributed by atoms with Crippen LogP contribution in [-0.4, -0.2) is 46.8 Å². The molecule has 0 saturated carbocycles. The highest BCUT2D eigenvalue weighted by Gasteiger charge is 2.34. The minimum atomic E-state index is -0.616. The fourth-order valence-electron chi connectivity index (χ4n) is 4.71. The standard InChI is InChI=1S/C31H38N2O5/c1-21(30(36)26-7-5-4-6-8-26)33(3)19-28-17-29(25-13-11-24(20-34)12-14-25)38-31(37-28)27-15-9-23(10-16-27)18-32-22(2)35/h4-16,21,28-31,34,36H,17-20H2,1-3H3,(H,32,35)/t21-,28+,29-,30-,31-/m1/s1. The molecule has 38 heavy (non-hydrogen) atoms. The molecule has 3 aromatic rings. The average molecular weight is 519 g/mol. The third-order valence-electron chi connectivity index (χ3n) is 7.19. The SMILES string of the molecule is CC(=O)NCc1ccc([C@@H]2O[C@H](CN(C)[C@H](C)[C@@H](O)c3ccccc3)C[C@H](c3ccc(CO)cc3)O2)cc1. The van der Waals surface area contributed by atoms with E-state index in [0.29, 0.717) is 19.5 Å². The van der Waals surface area contributed by atoms with Crippen molar-refractivity contribution in [1.82, 2.24) is 10.2 Å². The first-order valence-corrected chi connectivity index (χ1v) is 13.1. The molecule has 0 aliphatic carbocycles. The molecular weight excluding hydrogens is 480 g/mol. The van der Waals surface area contributed by atoms with Crippen molar-refractivity contribution in [2.75, 3.05) is 13.6 Å². The average Bonchev–Trinajstić information content (AvgIpc) is 2.95. The van der Waals surface area contributed by atoms with Crippen molar-refractivity contribution in [2.45, 2.75) is 64.1 Å². The van der Waals surface area contributed by atoms with E-state index in [2.05, 4.69) is 10.2 Å². The molecule has 1 aliphatic rings. The molecule has 0 spiro atoms. The maximum Gasteiger partial charge on any atom is 0.217 e. The van der Waals surface area contributed by atoms with Crippen LogP contribution in [0.1, 0.15) is 66.6 Å². The van der Waals surface area contributed by atoms with Crippen LogP contribution in [0.25, 0.3) is 0 Å². The summed E-state index contributed by atoms with van der Waals surface area (Å²) in [6, 6.07) is 25.3. The molecule has 202 valence electrons. The van der Waals surface area contributed by atoms with Gasteiger partial charge in [-0.15, -0.1) is 0 Å². The van der Waals surface area contributed by atoms with Gasteiger partial charge in [0.1, 0.15) is 0 Å². The predicted octanol–water partition coefficient (Wildman–Crippen LogP) is 4.41. The zero-order chi connectivity index (χ0) is 27.1. The van der Waals surface area contributed by atoms with Gasteiger partial charge in [0.15, 0.2) is 6.29 Å². The monoisotopic (exact) mass is 518 g/mol. The minimum Gasteiger partial charge on any atom is -0.392 e. The highest BCUT2D eigenvalue weighted by molar-refractivity contribution is 5.72. The van der Waals surface area contributed by atoms with Crippen LogP contribution in [0.2, 0.25) is 0 Å². The maximum atomic E-state index is 11.3. The van der Waals surface area contributed by atoms with Gasteiger partial charge in [-0.3, -0.25) is 9.69 Å². The highest BCUT2D eigenvalue weighted by Crippen LogP contribution is 2.38. The van der Waals surface area contributed by atoms with Gasteiger partial charge in [0, 0.05) is 38.0 Å². The van der Waals surface area contributed by atoms with Gasteiger partial charge in [-0.25, -0.2) is 0 Å². The van der Waals surface area contributed by atoms with Crippen LogP contribution in [-0.2, 0) is 27.4 Å². The van der Waals surface area contributed by atoms with Crippen LogP contribution in [0, 0.1) is 0 Å². The third-order valence-corrected chi connectivity index (χ3v) is 7.19. The molecule has 3 N–H and O–H groups in total. The lowest BCUT2D eigenvalue weighted by atomic mass is 9.98. The van der Waals surface area contributed by atoms with Gasteiger partial charge in [0.05, 0.1) is 24.9 Å². The van der Waals surface area contributed by atoms with Crippen LogP contribution in [0.3, 0.4) is 0 Å². The Balaban J connectivity index is 1.50. The van der Waals surface area contributed by atoms with E-state index in [1.165, 1.54) is 6.92 Å². The lowest BCUT2D eigenvalue weighted by Crippen LogP contribution is -2.43. The van der Waals surface area contributed by atoms with Crippen molar-refractivity contribution in [3.8, 4) is 0 Å². The summed E-state index contributed by atoms with van der Waals surface area (Å²) in [5, 5.41) is 23.2. The van der Waals surface area contributed by atoms with E-state index in [4.69, 9.17) is 9.47 Å². The second-order valence-electron chi connectivity index (χ2n) is 10.0. The molecule has 4 rings (SSSR count). The number of nitrogens with zero attached hydrogens (tertiary/aromatic N) is 1. The van der Waals surface area contributed by atoms with E-state index in [1.807, 2.05) is 92.8 Å². The summed E-state index contributed by atoms with van der Waals surface area (Å²) < 4.78 is 12.9. The first-order chi connectivity index (χ1) is 18.3. The molecule has 0 radical (unpaired) electrons. The molecule has 7 heteroatoms. The molecule has 1 aliphatic heterocycles. The predicted molar refractivity (Wildman–Crippen MR) is 146 cm³/mol. The van der Waals surface area contributed by atoms with Crippen molar-refractivity contribution >= 4 is 5.91 Å². The summed E-state index contributed by atoms with van der Waals surface area (Å²) in [5.41, 5.74) is 4.67. The molecular formula is C31H38N2O5. The van der Waals surface area contributed by atoms with Crippen molar-refractivity contribution in [3.05, 3.63) is 107 Å². The Kier molecular flexibility index (Phi) is 9.66. The van der Waals surface area contributed by atoms with Crippen molar-refractivity contribution in [2.24, 2.45) is 0 Å². The van der Waals surface area contributed by atoms with Gasteiger partial charge in [0.25, 0.3) is 0 Å². The van der Waals surface area contributed by atoms with E-state index in [9.17, 15) is 15.0 Å². The lowest BCUT2D eigenvalue weighted by Gasteiger charge is -2.39. The number of carbonyl (C=O) groups is 1. The van der Waals surface area contributed by atoms with Crippen molar-refractivity contribution < 1.29 is 24.5 Å². The number of amides is 1. The number of aliphatic hydroxyl groups is 2. The number of ether oxygens (including phenoxy) is 2. The Morgan fingerprint density at radius 2 is 1.61 bits per heavy atom. The molecule has 5 atom stereocenters. The zero-order valence-electron chi connectivity index (χ0n) is 22.3. The van der Waals surface area contributed by atoms with Crippen LogP contribution in [0.15, 0.2) is 78.9 Å². The third kappa shape index (κ3) is 7.28. The Morgan fingerprint density at radius 3 is 2.24 bits per heavy atom. The number of aliphatic hydroxyl groups excluding tert-OH is 2. The topological polar surface area (TPSA) is 91.3 Å².